The van der Waals surface area contributed by atoms with Crippen molar-refractivity contribution in [1.29, 1.82) is 0 Å². The third kappa shape index (κ3) is 3.90. The first-order valence-electron chi connectivity index (χ1n) is 9.88. The van der Waals surface area contributed by atoms with Gasteiger partial charge in [0.1, 0.15) is 11.3 Å². The summed E-state index contributed by atoms with van der Waals surface area (Å²) in [6, 6.07) is 14.8. The zero-order valence-corrected chi connectivity index (χ0v) is 18.8. The highest BCUT2D eigenvalue weighted by Gasteiger charge is 2.18. The van der Waals surface area contributed by atoms with Crippen LogP contribution < -0.4 is 0 Å². The number of aromatic nitrogens is 4. The van der Waals surface area contributed by atoms with Crippen LogP contribution in [-0.4, -0.2) is 28.4 Å². The molecule has 5 aromatic rings. The van der Waals surface area contributed by atoms with Crippen LogP contribution in [0.15, 0.2) is 83.7 Å². The molecular weight excluding hydrogens is 440 g/mol. The first-order chi connectivity index (χ1) is 15.5. The molecule has 2 aromatic carbocycles. The van der Waals surface area contributed by atoms with Crippen molar-refractivity contribution >= 4 is 31.9 Å². The Kier molecular flexibility index (Phi) is 5.24. The summed E-state index contributed by atoms with van der Waals surface area (Å²) >= 11 is 1.60. The molecule has 158 valence electrons. The summed E-state index contributed by atoms with van der Waals surface area (Å²) < 4.78 is 25.8. The van der Waals surface area contributed by atoms with Gasteiger partial charge in [0.2, 0.25) is 0 Å². The minimum atomic E-state index is -3.54. The summed E-state index contributed by atoms with van der Waals surface area (Å²) in [4.78, 5) is 17.1. The molecule has 8 heteroatoms. The van der Waals surface area contributed by atoms with E-state index in [1.807, 2.05) is 36.6 Å². The number of sulfone groups is 1. The van der Waals surface area contributed by atoms with Gasteiger partial charge in [-0.3, -0.25) is 4.98 Å². The van der Waals surface area contributed by atoms with Crippen molar-refractivity contribution in [3.05, 3.63) is 90.1 Å². The van der Waals surface area contributed by atoms with E-state index < -0.39 is 9.84 Å². The fourth-order valence-corrected chi connectivity index (χ4v) is 5.62. The van der Waals surface area contributed by atoms with Gasteiger partial charge in [-0.15, -0.1) is 11.3 Å². The maximum Gasteiger partial charge on any atom is 0.184 e. The Bertz CT molecular complexity index is 1520. The molecule has 0 bridgehead atoms. The van der Waals surface area contributed by atoms with Crippen LogP contribution >= 0.6 is 11.3 Å². The molecule has 0 N–H and O–H groups in total. The summed E-state index contributed by atoms with van der Waals surface area (Å²) in [5.74, 6) is -0.170. The number of aryl methyl sites for hydroxylation is 1. The van der Waals surface area contributed by atoms with Gasteiger partial charge in [0.15, 0.2) is 9.84 Å². The summed E-state index contributed by atoms with van der Waals surface area (Å²) in [6.07, 6.45) is 6.40. The van der Waals surface area contributed by atoms with E-state index in [-0.39, 0.29) is 10.6 Å². The fraction of sp³-hybridized carbons (Fsp3) is 0.0833. The summed E-state index contributed by atoms with van der Waals surface area (Å²) in [5, 5.41) is 4.66. The molecule has 32 heavy (non-hydrogen) atoms. The normalized spacial score (nSPS) is 11.7. The predicted octanol–water partition coefficient (Wildman–Crippen LogP) is 5.10. The van der Waals surface area contributed by atoms with Crippen molar-refractivity contribution in [2.45, 2.75) is 17.6 Å². The van der Waals surface area contributed by atoms with Gasteiger partial charge in [-0.1, -0.05) is 18.2 Å². The Morgan fingerprint density at radius 1 is 0.906 bits per heavy atom. The van der Waals surface area contributed by atoms with Crippen molar-refractivity contribution in [2.75, 3.05) is 0 Å². The van der Waals surface area contributed by atoms with Gasteiger partial charge in [-0.05, 0) is 48.2 Å². The topological polar surface area (TPSA) is 85.7 Å². The molecule has 0 aliphatic carbocycles. The van der Waals surface area contributed by atoms with Crippen LogP contribution in [-0.2, 0) is 15.6 Å². The monoisotopic (exact) mass is 458 g/mol. The minimum Gasteiger partial charge on any atom is -0.256 e. The highest BCUT2D eigenvalue weighted by atomic mass is 32.2. The van der Waals surface area contributed by atoms with E-state index in [1.165, 1.54) is 12.5 Å². The molecule has 0 amide bonds. The highest BCUT2D eigenvalue weighted by molar-refractivity contribution is 7.90. The molecule has 3 aromatic heterocycles. The number of hydrogen-bond acceptors (Lipinski definition) is 7. The average molecular weight is 459 g/mol. The molecule has 0 aliphatic heterocycles. The second kappa shape index (κ2) is 8.22. The molecule has 3 heterocycles. The Hall–Kier alpha value is -3.49. The van der Waals surface area contributed by atoms with Crippen molar-refractivity contribution < 1.29 is 8.42 Å². The lowest BCUT2D eigenvalue weighted by molar-refractivity contribution is 0.594. The quantitative estimate of drug-likeness (QED) is 0.364. The lowest BCUT2D eigenvalue weighted by atomic mass is 9.98. The third-order valence-corrected chi connectivity index (χ3v) is 7.71. The Morgan fingerprint density at radius 3 is 2.56 bits per heavy atom. The van der Waals surface area contributed by atoms with Crippen LogP contribution in [0.1, 0.15) is 11.3 Å². The first-order valence-corrected chi connectivity index (χ1v) is 12.4. The number of nitrogens with zero attached hydrogens (tertiary/aromatic N) is 4. The van der Waals surface area contributed by atoms with Crippen LogP contribution in [0, 0.1) is 6.92 Å². The van der Waals surface area contributed by atoms with Crippen molar-refractivity contribution in [1.82, 2.24) is 19.9 Å². The lowest BCUT2D eigenvalue weighted by Gasteiger charge is -2.11. The molecular formula is C24H18N4O2S2. The van der Waals surface area contributed by atoms with Gasteiger partial charge in [0, 0.05) is 40.5 Å². The van der Waals surface area contributed by atoms with E-state index in [1.54, 1.807) is 41.9 Å². The fourth-order valence-electron chi connectivity index (χ4n) is 3.67. The number of hydrogen-bond donors (Lipinski definition) is 0. The number of rotatable bonds is 5. The highest BCUT2D eigenvalue weighted by Crippen LogP contribution is 2.33. The second-order valence-electron chi connectivity index (χ2n) is 7.37. The second-order valence-corrected chi connectivity index (χ2v) is 10.3. The van der Waals surface area contributed by atoms with Crippen LogP contribution in [0.3, 0.4) is 0 Å². The Labute approximate surface area is 189 Å². The minimum absolute atomic E-state index is 0.170. The van der Waals surface area contributed by atoms with E-state index in [9.17, 15) is 8.42 Å². The van der Waals surface area contributed by atoms with Crippen LogP contribution in [0.25, 0.3) is 32.6 Å². The van der Waals surface area contributed by atoms with Crippen molar-refractivity contribution in [2.24, 2.45) is 0 Å². The molecule has 0 saturated carbocycles. The van der Waals surface area contributed by atoms with E-state index in [4.69, 9.17) is 0 Å². The first kappa shape index (κ1) is 20.4. The van der Waals surface area contributed by atoms with E-state index in [0.717, 1.165) is 38.2 Å². The van der Waals surface area contributed by atoms with E-state index >= 15 is 0 Å². The molecule has 5 rings (SSSR count). The van der Waals surface area contributed by atoms with Crippen LogP contribution in [0.2, 0.25) is 0 Å². The largest absolute Gasteiger partial charge is 0.256 e. The van der Waals surface area contributed by atoms with Gasteiger partial charge < -0.3 is 0 Å². The summed E-state index contributed by atoms with van der Waals surface area (Å²) in [6.45, 7) is 2.05. The third-order valence-electron chi connectivity index (χ3n) is 5.24. The molecule has 0 radical (unpaired) electrons. The SMILES string of the molecule is Cc1cc(-c2nccs2)ccc1-c1nccc2cc(S(=O)(=O)Cc3ccncn3)ccc12. The molecule has 0 atom stereocenters. The molecule has 0 unspecified atom stereocenters. The van der Waals surface area contributed by atoms with Gasteiger partial charge >= 0.3 is 0 Å². The number of fused-ring (bicyclic) bond motifs is 1. The van der Waals surface area contributed by atoms with Crippen molar-refractivity contribution in [3.63, 3.8) is 0 Å². The average Bonchev–Trinajstić information content (AvgIpc) is 3.34. The smallest absolute Gasteiger partial charge is 0.184 e. The summed E-state index contributed by atoms with van der Waals surface area (Å²) in [7, 11) is -3.54. The predicted molar refractivity (Wildman–Crippen MR) is 126 cm³/mol. The zero-order chi connectivity index (χ0) is 22.1. The van der Waals surface area contributed by atoms with Crippen LogP contribution in [0.4, 0.5) is 0 Å². The Balaban J connectivity index is 1.54. The lowest BCUT2D eigenvalue weighted by Crippen LogP contribution is -2.06. The molecule has 0 saturated heterocycles. The van der Waals surface area contributed by atoms with Crippen molar-refractivity contribution in [3.8, 4) is 21.8 Å². The maximum absolute atomic E-state index is 12.9. The molecule has 0 aliphatic rings. The van der Waals surface area contributed by atoms with Gasteiger partial charge in [0.05, 0.1) is 22.0 Å². The number of benzene rings is 2. The van der Waals surface area contributed by atoms with Gasteiger partial charge in [-0.25, -0.2) is 23.4 Å². The maximum atomic E-state index is 12.9. The Morgan fingerprint density at radius 2 is 1.81 bits per heavy atom. The number of thiazole rings is 1. The molecule has 6 nitrogen and oxygen atoms in total. The summed E-state index contributed by atoms with van der Waals surface area (Å²) in [5.41, 5.74) is 4.45. The van der Waals surface area contributed by atoms with E-state index in [0.29, 0.717) is 5.69 Å². The zero-order valence-electron chi connectivity index (χ0n) is 17.1. The standard InChI is InChI=1S/C24H18N4O2S2/c1-16-12-18(24-27-10-11-31-24)2-4-21(16)23-22-5-3-20(13-17(22)6-9-26-23)32(29,30)14-19-7-8-25-15-28-19/h2-13,15H,14H2,1H3. The van der Waals surface area contributed by atoms with Gasteiger partial charge in [-0.2, -0.15) is 0 Å². The van der Waals surface area contributed by atoms with Crippen LogP contribution in [0.5, 0.6) is 0 Å². The molecule has 0 spiro atoms. The molecule has 0 fully saturated rings. The van der Waals surface area contributed by atoms with E-state index in [2.05, 4.69) is 26.0 Å². The number of pyridine rings is 1. The van der Waals surface area contributed by atoms with Gasteiger partial charge in [0.25, 0.3) is 0 Å².